The number of rotatable bonds is 4. The quantitative estimate of drug-likeness (QED) is 0.280. The van der Waals surface area contributed by atoms with Gasteiger partial charge in [0.1, 0.15) is 11.5 Å². The number of carbonyl (C=O) groups excluding carboxylic acids is 1. The van der Waals surface area contributed by atoms with Crippen molar-refractivity contribution in [3.8, 4) is 22.8 Å². The van der Waals surface area contributed by atoms with Gasteiger partial charge in [-0.25, -0.2) is 9.79 Å². The van der Waals surface area contributed by atoms with E-state index in [0.717, 1.165) is 0 Å². The van der Waals surface area contributed by atoms with Crippen molar-refractivity contribution in [1.29, 1.82) is 0 Å². The topological polar surface area (TPSA) is 113 Å². The fourth-order valence-corrected chi connectivity index (χ4v) is 3.03. The van der Waals surface area contributed by atoms with E-state index in [1.54, 1.807) is 42.5 Å². The molecule has 0 fully saturated rings. The number of nitrogens with zero attached hydrogens (tertiary/aromatic N) is 2. The Labute approximate surface area is 169 Å². The molecule has 148 valence electrons. The first-order valence-electron chi connectivity index (χ1n) is 8.84. The molecular weight excluding hydrogens is 392 g/mol. The van der Waals surface area contributed by atoms with Gasteiger partial charge in [0.25, 0.3) is 5.69 Å². The van der Waals surface area contributed by atoms with E-state index in [1.807, 2.05) is 0 Å². The van der Waals surface area contributed by atoms with E-state index in [9.17, 15) is 14.9 Å². The highest BCUT2D eigenvalue weighted by Gasteiger charge is 2.26. The standard InChI is InChI=1S/C21H12N2O7/c24-21-16(22-20(30-21)13-3-7-18-19(9-13)28-11-27-18)10-15-6-8-17(29-15)12-1-4-14(5-2-12)23(25)26/h1-10H,11H2/b16-10-. The molecule has 0 N–H and O–H groups in total. The van der Waals surface area contributed by atoms with Gasteiger partial charge in [0.15, 0.2) is 17.2 Å². The van der Waals surface area contributed by atoms with Crippen LogP contribution in [0.3, 0.4) is 0 Å². The van der Waals surface area contributed by atoms with E-state index in [1.165, 1.54) is 18.2 Å². The Balaban J connectivity index is 1.40. The fourth-order valence-electron chi connectivity index (χ4n) is 3.03. The van der Waals surface area contributed by atoms with Gasteiger partial charge in [-0.05, 0) is 42.5 Å². The van der Waals surface area contributed by atoms with Gasteiger partial charge in [0.2, 0.25) is 12.7 Å². The number of non-ortho nitro benzene ring substituents is 1. The number of benzene rings is 2. The zero-order valence-corrected chi connectivity index (χ0v) is 15.2. The third-order valence-electron chi connectivity index (χ3n) is 4.51. The van der Waals surface area contributed by atoms with Crippen LogP contribution in [0.15, 0.2) is 69.7 Å². The van der Waals surface area contributed by atoms with Crippen molar-refractivity contribution in [3.63, 3.8) is 0 Å². The lowest BCUT2D eigenvalue weighted by Crippen LogP contribution is -2.05. The summed E-state index contributed by atoms with van der Waals surface area (Å²) in [7, 11) is 0. The number of esters is 1. The Morgan fingerprint density at radius 2 is 1.73 bits per heavy atom. The first-order chi connectivity index (χ1) is 14.6. The number of hydrogen-bond donors (Lipinski definition) is 0. The van der Waals surface area contributed by atoms with Crippen molar-refractivity contribution >= 4 is 23.6 Å². The van der Waals surface area contributed by atoms with E-state index >= 15 is 0 Å². The van der Waals surface area contributed by atoms with Crippen molar-refractivity contribution in [1.82, 2.24) is 0 Å². The summed E-state index contributed by atoms with van der Waals surface area (Å²) < 4.78 is 21.6. The number of carbonyl (C=O) groups is 1. The maximum Gasteiger partial charge on any atom is 0.363 e. The van der Waals surface area contributed by atoms with Crippen molar-refractivity contribution < 1.29 is 28.3 Å². The largest absolute Gasteiger partial charge is 0.457 e. The number of nitro groups is 1. The van der Waals surface area contributed by atoms with Crippen LogP contribution in [0.4, 0.5) is 5.69 Å². The summed E-state index contributed by atoms with van der Waals surface area (Å²) in [6.07, 6.45) is 1.47. The molecule has 30 heavy (non-hydrogen) atoms. The van der Waals surface area contributed by atoms with Crippen LogP contribution in [0.1, 0.15) is 11.3 Å². The average molecular weight is 404 g/mol. The molecule has 9 heteroatoms. The first-order valence-corrected chi connectivity index (χ1v) is 8.84. The molecule has 1 aromatic heterocycles. The van der Waals surface area contributed by atoms with Crippen LogP contribution in [0.25, 0.3) is 17.4 Å². The number of hydrogen-bond acceptors (Lipinski definition) is 8. The molecule has 0 bridgehead atoms. The molecule has 0 saturated heterocycles. The summed E-state index contributed by atoms with van der Waals surface area (Å²) in [5.41, 5.74) is 1.34. The van der Waals surface area contributed by atoms with E-state index in [4.69, 9.17) is 18.6 Å². The Morgan fingerprint density at radius 1 is 0.967 bits per heavy atom. The maximum absolute atomic E-state index is 12.2. The minimum atomic E-state index is -0.601. The number of furan rings is 1. The highest BCUT2D eigenvalue weighted by atomic mass is 16.7. The summed E-state index contributed by atoms with van der Waals surface area (Å²) >= 11 is 0. The number of ether oxygens (including phenoxy) is 3. The highest BCUT2D eigenvalue weighted by Crippen LogP contribution is 2.34. The van der Waals surface area contributed by atoms with Crippen LogP contribution in [-0.4, -0.2) is 23.6 Å². The van der Waals surface area contributed by atoms with Crippen LogP contribution in [0.2, 0.25) is 0 Å². The number of fused-ring (bicyclic) bond motifs is 1. The Kier molecular flexibility index (Phi) is 4.06. The lowest BCUT2D eigenvalue weighted by atomic mass is 10.1. The molecule has 0 radical (unpaired) electrons. The first kappa shape index (κ1) is 17.7. The highest BCUT2D eigenvalue weighted by molar-refractivity contribution is 6.13. The third kappa shape index (κ3) is 3.18. The summed E-state index contributed by atoms with van der Waals surface area (Å²) in [6.45, 7) is 0.145. The molecule has 3 heterocycles. The summed E-state index contributed by atoms with van der Waals surface area (Å²) in [5.74, 6) is 1.63. The molecule has 0 aliphatic carbocycles. The van der Waals surface area contributed by atoms with E-state index < -0.39 is 10.9 Å². The third-order valence-corrected chi connectivity index (χ3v) is 4.51. The van der Waals surface area contributed by atoms with Crippen LogP contribution >= 0.6 is 0 Å². The van der Waals surface area contributed by atoms with E-state index in [0.29, 0.717) is 34.1 Å². The van der Waals surface area contributed by atoms with Gasteiger partial charge in [-0.1, -0.05) is 0 Å². The fraction of sp³-hybridized carbons (Fsp3) is 0.0476. The van der Waals surface area contributed by atoms with Gasteiger partial charge in [0, 0.05) is 29.3 Å². The van der Waals surface area contributed by atoms with Gasteiger partial charge in [-0.2, -0.15) is 0 Å². The van der Waals surface area contributed by atoms with Crippen LogP contribution in [0, 0.1) is 10.1 Å². The van der Waals surface area contributed by atoms with Crippen molar-refractivity contribution in [2.75, 3.05) is 6.79 Å². The summed E-state index contributed by atoms with van der Waals surface area (Å²) in [4.78, 5) is 26.8. The minimum absolute atomic E-state index is 0.00765. The molecule has 0 atom stereocenters. The zero-order valence-electron chi connectivity index (χ0n) is 15.2. The normalized spacial score (nSPS) is 15.9. The van der Waals surface area contributed by atoms with Crippen molar-refractivity contribution in [3.05, 3.63) is 81.7 Å². The van der Waals surface area contributed by atoms with Gasteiger partial charge in [-0.15, -0.1) is 0 Å². The number of nitro benzene ring substituents is 1. The van der Waals surface area contributed by atoms with Crippen molar-refractivity contribution in [2.24, 2.45) is 4.99 Å². The average Bonchev–Trinajstić information content (AvgIpc) is 3.48. The van der Waals surface area contributed by atoms with Crippen LogP contribution < -0.4 is 9.47 Å². The summed E-state index contributed by atoms with van der Waals surface area (Å²) in [5, 5.41) is 10.8. The predicted octanol–water partition coefficient (Wildman–Crippen LogP) is 3.93. The molecule has 3 aromatic rings. The van der Waals surface area contributed by atoms with Gasteiger partial charge in [0.05, 0.1) is 4.92 Å². The Hall–Kier alpha value is -4.40. The zero-order chi connectivity index (χ0) is 20.7. The Bertz CT molecular complexity index is 1240. The minimum Gasteiger partial charge on any atom is -0.457 e. The summed E-state index contributed by atoms with van der Waals surface area (Å²) in [6, 6.07) is 14.5. The monoisotopic (exact) mass is 404 g/mol. The molecule has 2 aliphatic rings. The van der Waals surface area contributed by atoms with E-state index in [-0.39, 0.29) is 24.1 Å². The predicted molar refractivity (Wildman–Crippen MR) is 104 cm³/mol. The van der Waals surface area contributed by atoms with Gasteiger partial charge in [-0.3, -0.25) is 10.1 Å². The molecule has 0 amide bonds. The second-order valence-corrected chi connectivity index (χ2v) is 6.41. The van der Waals surface area contributed by atoms with Crippen LogP contribution in [0.5, 0.6) is 11.5 Å². The molecule has 0 unspecified atom stereocenters. The molecule has 5 rings (SSSR count). The number of aliphatic imine (C=N–C) groups is 1. The van der Waals surface area contributed by atoms with Gasteiger partial charge >= 0.3 is 5.97 Å². The molecule has 0 saturated carbocycles. The lowest BCUT2D eigenvalue weighted by molar-refractivity contribution is -0.384. The van der Waals surface area contributed by atoms with Gasteiger partial charge < -0.3 is 18.6 Å². The molecule has 2 aliphatic heterocycles. The molecule has 9 nitrogen and oxygen atoms in total. The second kappa shape index (κ2) is 6.89. The van der Waals surface area contributed by atoms with Crippen LogP contribution in [-0.2, 0) is 9.53 Å². The molecular formula is C21H12N2O7. The maximum atomic E-state index is 12.2. The molecule has 0 spiro atoms. The molecule has 2 aromatic carbocycles. The SMILES string of the molecule is O=C1OC(c2ccc3c(c2)OCO3)=N/C1=C\c1ccc(-c2ccc([N+](=O)[O-])cc2)o1. The van der Waals surface area contributed by atoms with Crippen molar-refractivity contribution in [2.45, 2.75) is 0 Å². The smallest absolute Gasteiger partial charge is 0.363 e. The lowest BCUT2D eigenvalue weighted by Gasteiger charge is -2.01. The van der Waals surface area contributed by atoms with E-state index in [2.05, 4.69) is 4.99 Å². The second-order valence-electron chi connectivity index (χ2n) is 6.41. The number of cyclic esters (lactones) is 1. The Morgan fingerprint density at radius 3 is 2.53 bits per heavy atom.